The Kier molecular flexibility index (Phi) is 49.0. The van der Waals surface area contributed by atoms with E-state index in [2.05, 4.69) is 31.3 Å². The molecule has 0 aliphatic heterocycles. The second-order valence-electron chi connectivity index (χ2n) is 18.8. The second-order valence-corrected chi connectivity index (χ2v) is 18.8. The number of hydrogen-bond acceptors (Lipinski definition) is 4. The molecule has 1 amide bonds. The van der Waals surface area contributed by atoms with E-state index in [4.69, 9.17) is 0 Å². The average molecular weight is 834 g/mol. The summed E-state index contributed by atoms with van der Waals surface area (Å²) in [5.74, 6) is -0.468. The van der Waals surface area contributed by atoms with Crippen LogP contribution in [-0.4, -0.2) is 46.1 Å². The van der Waals surface area contributed by atoms with Crippen LogP contribution in [-0.2, 0) is 4.79 Å². The molecule has 0 aromatic carbocycles. The van der Waals surface area contributed by atoms with Gasteiger partial charge in [-0.1, -0.05) is 276 Å². The van der Waals surface area contributed by atoms with Crippen LogP contribution in [0.5, 0.6) is 0 Å². The molecule has 5 nitrogen and oxygen atoms in total. The highest BCUT2D eigenvalue weighted by atomic mass is 16.3. The molecule has 59 heavy (non-hydrogen) atoms. The number of unbranched alkanes of at least 4 members (excludes halogenated alkanes) is 40. The molecule has 0 radical (unpaired) electrons. The predicted molar refractivity (Wildman–Crippen MR) is 259 cm³/mol. The maximum absolute atomic E-state index is 12.6. The van der Waals surface area contributed by atoms with Gasteiger partial charge in [-0.05, 0) is 38.5 Å². The Hall–Kier alpha value is -0.910. The topological polar surface area (TPSA) is 89.8 Å². The zero-order valence-corrected chi connectivity index (χ0v) is 40.2. The Bertz CT molecular complexity index is 833. The number of aliphatic hydroxyl groups excluding tert-OH is 3. The van der Waals surface area contributed by atoms with Gasteiger partial charge in [0.15, 0.2) is 0 Å². The lowest BCUT2D eigenvalue weighted by molar-refractivity contribution is -0.131. The van der Waals surface area contributed by atoms with E-state index >= 15 is 0 Å². The van der Waals surface area contributed by atoms with Crippen molar-refractivity contribution in [1.29, 1.82) is 0 Å². The lowest BCUT2D eigenvalue weighted by Gasteiger charge is -2.23. The molecule has 0 spiro atoms. The maximum atomic E-state index is 12.6. The van der Waals surface area contributed by atoms with Crippen molar-refractivity contribution >= 4 is 5.91 Å². The van der Waals surface area contributed by atoms with Gasteiger partial charge in [0.1, 0.15) is 6.10 Å². The van der Waals surface area contributed by atoms with Crippen LogP contribution in [0.1, 0.15) is 303 Å². The van der Waals surface area contributed by atoms with Gasteiger partial charge in [-0.2, -0.15) is 0 Å². The van der Waals surface area contributed by atoms with Crippen molar-refractivity contribution in [2.24, 2.45) is 0 Å². The number of hydrogen-bond donors (Lipinski definition) is 4. The quantitative estimate of drug-likeness (QED) is 0.0363. The van der Waals surface area contributed by atoms with Crippen molar-refractivity contribution in [2.75, 3.05) is 6.61 Å². The van der Waals surface area contributed by atoms with E-state index in [0.717, 1.165) is 32.1 Å². The van der Waals surface area contributed by atoms with Crippen LogP contribution in [0, 0.1) is 0 Å². The molecule has 5 heteroatoms. The molecule has 4 N–H and O–H groups in total. The van der Waals surface area contributed by atoms with E-state index in [1.54, 1.807) is 0 Å². The second kappa shape index (κ2) is 49.7. The van der Waals surface area contributed by atoms with E-state index in [9.17, 15) is 20.1 Å². The Morgan fingerprint density at radius 1 is 0.390 bits per heavy atom. The van der Waals surface area contributed by atoms with Gasteiger partial charge < -0.3 is 20.6 Å². The van der Waals surface area contributed by atoms with Crippen LogP contribution >= 0.6 is 0 Å². The summed E-state index contributed by atoms with van der Waals surface area (Å²) in [6.45, 7) is 4.27. The van der Waals surface area contributed by atoms with Gasteiger partial charge in [-0.3, -0.25) is 4.79 Å². The zero-order chi connectivity index (χ0) is 43.0. The van der Waals surface area contributed by atoms with Crippen LogP contribution in [0.15, 0.2) is 12.2 Å². The molecule has 0 saturated carbocycles. The SMILES string of the molecule is CCCCCCCCCCCCCC/C=C\CCCCCCCCCCC(O)C(=O)NC(CO)C(O)CCCCCCCCCCCCCCCCCCCCCCC. The van der Waals surface area contributed by atoms with Crippen LogP contribution in [0.3, 0.4) is 0 Å². The van der Waals surface area contributed by atoms with Gasteiger partial charge in [-0.15, -0.1) is 0 Å². The van der Waals surface area contributed by atoms with Gasteiger partial charge in [-0.25, -0.2) is 0 Å². The van der Waals surface area contributed by atoms with E-state index < -0.39 is 24.2 Å². The maximum Gasteiger partial charge on any atom is 0.249 e. The Morgan fingerprint density at radius 2 is 0.644 bits per heavy atom. The van der Waals surface area contributed by atoms with Crippen molar-refractivity contribution in [3.8, 4) is 0 Å². The lowest BCUT2D eigenvalue weighted by Crippen LogP contribution is -2.49. The first-order valence-corrected chi connectivity index (χ1v) is 27.0. The average Bonchev–Trinajstić information content (AvgIpc) is 3.24. The molecular weight excluding hydrogens is 727 g/mol. The molecule has 0 aliphatic carbocycles. The van der Waals surface area contributed by atoms with E-state index in [0.29, 0.717) is 12.8 Å². The number of carbonyl (C=O) groups excluding carboxylic acids is 1. The van der Waals surface area contributed by atoms with Crippen LogP contribution < -0.4 is 5.32 Å². The van der Waals surface area contributed by atoms with Crippen LogP contribution in [0.25, 0.3) is 0 Å². The summed E-state index contributed by atoms with van der Waals surface area (Å²) >= 11 is 0. The number of aliphatic hydroxyl groups is 3. The highest BCUT2D eigenvalue weighted by Crippen LogP contribution is 2.18. The standard InChI is InChI=1S/C54H107NO4/c1-3-5-7-9-11-13-15-17-19-21-23-25-26-27-29-31-33-35-37-39-41-43-45-47-49-53(58)54(59)55-51(50-56)52(57)48-46-44-42-40-38-36-34-32-30-28-24-22-20-18-16-14-12-10-8-6-4-2/h27,29,51-53,56-58H,3-26,28,30-50H2,1-2H3,(H,55,59)/b29-27-. The third kappa shape index (κ3) is 44.9. The molecular formula is C54H107NO4. The Morgan fingerprint density at radius 3 is 0.932 bits per heavy atom. The molecule has 0 heterocycles. The molecule has 0 aliphatic rings. The molecule has 0 saturated heterocycles. The van der Waals surface area contributed by atoms with E-state index in [-0.39, 0.29) is 6.61 Å². The molecule has 3 unspecified atom stereocenters. The Labute approximate surface area is 369 Å². The molecule has 3 atom stereocenters. The van der Waals surface area contributed by atoms with Gasteiger partial charge in [0, 0.05) is 0 Å². The van der Waals surface area contributed by atoms with Crippen molar-refractivity contribution in [1.82, 2.24) is 5.32 Å². The highest BCUT2D eigenvalue weighted by Gasteiger charge is 2.23. The molecule has 0 aromatic heterocycles. The summed E-state index contributed by atoms with van der Waals surface area (Å²) in [6.07, 6.45) is 61.0. The molecule has 0 fully saturated rings. The minimum absolute atomic E-state index is 0.311. The van der Waals surface area contributed by atoms with Crippen molar-refractivity contribution in [3.05, 3.63) is 12.2 Å². The number of allylic oxidation sites excluding steroid dienone is 2. The van der Waals surface area contributed by atoms with Crippen molar-refractivity contribution in [3.63, 3.8) is 0 Å². The fraction of sp³-hybridized carbons (Fsp3) is 0.944. The van der Waals surface area contributed by atoms with Gasteiger partial charge >= 0.3 is 0 Å². The van der Waals surface area contributed by atoms with E-state index in [1.807, 2.05) is 0 Å². The summed E-state index contributed by atoms with van der Waals surface area (Å²) in [7, 11) is 0. The summed E-state index contributed by atoms with van der Waals surface area (Å²) in [5, 5.41) is 33.5. The normalized spacial score (nSPS) is 13.4. The first-order chi connectivity index (χ1) is 29.1. The highest BCUT2D eigenvalue weighted by molar-refractivity contribution is 5.80. The van der Waals surface area contributed by atoms with Gasteiger partial charge in [0.2, 0.25) is 5.91 Å². The van der Waals surface area contributed by atoms with E-state index in [1.165, 1.54) is 244 Å². The predicted octanol–water partition coefficient (Wildman–Crippen LogP) is 16.3. The monoisotopic (exact) mass is 834 g/mol. The summed E-state index contributed by atoms with van der Waals surface area (Å²) in [6, 6.07) is -0.711. The fourth-order valence-electron chi connectivity index (χ4n) is 8.66. The first-order valence-electron chi connectivity index (χ1n) is 27.0. The van der Waals surface area contributed by atoms with Crippen LogP contribution in [0.2, 0.25) is 0 Å². The molecule has 0 aromatic rings. The molecule has 0 bridgehead atoms. The first kappa shape index (κ1) is 58.1. The Balaban J connectivity index is 3.54. The molecule has 0 rings (SSSR count). The largest absolute Gasteiger partial charge is 0.394 e. The lowest BCUT2D eigenvalue weighted by atomic mass is 10.0. The number of amides is 1. The summed E-state index contributed by atoms with van der Waals surface area (Å²) in [5.41, 5.74) is 0. The number of nitrogens with one attached hydrogen (secondary N) is 1. The zero-order valence-electron chi connectivity index (χ0n) is 40.2. The number of rotatable bonds is 50. The number of carbonyl (C=O) groups is 1. The fourth-order valence-corrected chi connectivity index (χ4v) is 8.66. The third-order valence-electron chi connectivity index (χ3n) is 12.9. The van der Waals surface area contributed by atoms with Crippen molar-refractivity contribution < 1.29 is 20.1 Å². The van der Waals surface area contributed by atoms with Crippen LogP contribution in [0.4, 0.5) is 0 Å². The van der Waals surface area contributed by atoms with Gasteiger partial charge in [0.05, 0.1) is 18.8 Å². The third-order valence-corrected chi connectivity index (χ3v) is 12.9. The molecule has 352 valence electrons. The summed E-state index contributed by atoms with van der Waals surface area (Å²) in [4.78, 5) is 12.6. The van der Waals surface area contributed by atoms with Gasteiger partial charge in [0.25, 0.3) is 0 Å². The summed E-state index contributed by atoms with van der Waals surface area (Å²) < 4.78 is 0. The minimum atomic E-state index is -1.08. The minimum Gasteiger partial charge on any atom is -0.394 e. The van der Waals surface area contributed by atoms with Crippen molar-refractivity contribution in [2.45, 2.75) is 321 Å². The smallest absolute Gasteiger partial charge is 0.249 e.